The largest absolute Gasteiger partial charge is 0.478 e. The lowest BCUT2D eigenvalue weighted by Crippen LogP contribution is -2.23. The van der Waals surface area contributed by atoms with Crippen LogP contribution in [0, 0.1) is 0 Å². The molecule has 0 saturated carbocycles. The van der Waals surface area contributed by atoms with E-state index >= 15 is 0 Å². The highest BCUT2D eigenvalue weighted by Crippen LogP contribution is 2.25. The first-order chi connectivity index (χ1) is 17.4. The van der Waals surface area contributed by atoms with E-state index in [0.717, 1.165) is 16.7 Å². The van der Waals surface area contributed by atoms with Crippen molar-refractivity contribution in [1.82, 2.24) is 19.3 Å². The molecule has 2 N–H and O–H groups in total. The highest BCUT2D eigenvalue weighted by Gasteiger charge is 2.18. The predicted octanol–water partition coefficient (Wildman–Crippen LogP) is 3.62. The fourth-order valence-corrected chi connectivity index (χ4v) is 4.40. The third-order valence-corrected chi connectivity index (χ3v) is 6.17. The molecule has 0 fully saturated rings. The summed E-state index contributed by atoms with van der Waals surface area (Å²) in [5, 5.41) is 16.9. The highest BCUT2D eigenvalue weighted by atomic mass is 16.4. The molecule has 0 unspecified atom stereocenters. The first kappa shape index (κ1) is 21.5. The lowest BCUT2D eigenvalue weighted by Gasteiger charge is -2.11. The number of carboxylic acids is 1. The Morgan fingerprint density at radius 1 is 0.861 bits per heavy atom. The summed E-state index contributed by atoms with van der Waals surface area (Å²) in [5.74, 6) is -1.12. The number of rotatable bonds is 1. The van der Waals surface area contributed by atoms with Crippen molar-refractivity contribution in [2.45, 2.75) is 13.1 Å². The van der Waals surface area contributed by atoms with Crippen molar-refractivity contribution in [3.05, 3.63) is 111 Å². The number of hydrogen-bond donors (Lipinski definition) is 2. The molecule has 0 radical (unpaired) electrons. The van der Waals surface area contributed by atoms with Gasteiger partial charge in [-0.15, -0.1) is 0 Å². The first-order valence-corrected chi connectivity index (χ1v) is 11.3. The van der Waals surface area contributed by atoms with Gasteiger partial charge in [0.25, 0.3) is 11.5 Å². The van der Waals surface area contributed by atoms with Crippen molar-refractivity contribution in [3.63, 3.8) is 0 Å². The van der Waals surface area contributed by atoms with Crippen molar-refractivity contribution in [2.24, 2.45) is 0 Å². The summed E-state index contributed by atoms with van der Waals surface area (Å²) >= 11 is 0. The van der Waals surface area contributed by atoms with Crippen LogP contribution in [0.1, 0.15) is 31.8 Å². The molecule has 0 aliphatic carbocycles. The Morgan fingerprint density at radius 3 is 2.42 bits per heavy atom. The van der Waals surface area contributed by atoms with Gasteiger partial charge in [-0.1, -0.05) is 30.3 Å². The average molecular weight is 477 g/mol. The summed E-state index contributed by atoms with van der Waals surface area (Å²) in [6.45, 7) is 0.579. The van der Waals surface area contributed by atoms with Gasteiger partial charge in [0.15, 0.2) is 0 Å². The molecule has 1 aliphatic rings. The minimum atomic E-state index is -1.05. The number of amides is 1. The number of aromatic nitrogens is 4. The van der Waals surface area contributed by atoms with E-state index in [1.807, 2.05) is 34.9 Å². The van der Waals surface area contributed by atoms with Gasteiger partial charge in [-0.3, -0.25) is 14.9 Å². The Morgan fingerprint density at radius 2 is 1.61 bits per heavy atom. The summed E-state index contributed by atoms with van der Waals surface area (Å²) in [6, 6.07) is 22.6. The van der Waals surface area contributed by atoms with E-state index in [9.17, 15) is 19.5 Å². The Balaban J connectivity index is 1.57. The standard InChI is InChI=1S/C27H19N5O4/c33-24-10-8-21-18-5-1-3-16(11-18)14-31-23-9-7-20(26(35)36)13-22(23)28-27(31)29-25(34)19-6-2-4-17(12-19)15-32(24)30-21/h1-13H,14-15H2,(H,35,36)(H,28,29,34). The number of nitrogens with zero attached hydrogens (tertiary/aromatic N) is 4. The van der Waals surface area contributed by atoms with E-state index in [4.69, 9.17) is 0 Å². The summed E-state index contributed by atoms with van der Waals surface area (Å²) in [7, 11) is 0. The van der Waals surface area contributed by atoms with Crippen LogP contribution < -0.4 is 10.9 Å². The lowest BCUT2D eigenvalue weighted by atomic mass is 10.1. The fraction of sp³-hybridized carbons (Fsp3) is 0.0741. The smallest absolute Gasteiger partial charge is 0.335 e. The second-order valence-electron chi connectivity index (χ2n) is 8.60. The molecular weight excluding hydrogens is 458 g/mol. The molecule has 0 spiro atoms. The van der Waals surface area contributed by atoms with Crippen LogP contribution in [-0.2, 0) is 13.1 Å². The molecule has 0 saturated heterocycles. The molecule has 1 amide bonds. The third kappa shape index (κ3) is 3.82. The van der Waals surface area contributed by atoms with Crippen molar-refractivity contribution in [1.29, 1.82) is 0 Å². The minimum absolute atomic E-state index is 0.114. The van der Waals surface area contributed by atoms with Gasteiger partial charge in [-0.25, -0.2) is 14.5 Å². The zero-order valence-corrected chi connectivity index (χ0v) is 18.9. The van der Waals surface area contributed by atoms with Crippen molar-refractivity contribution >= 4 is 28.9 Å². The van der Waals surface area contributed by atoms with Crippen LogP contribution in [0.25, 0.3) is 22.3 Å². The van der Waals surface area contributed by atoms with Gasteiger partial charge in [0.2, 0.25) is 5.95 Å². The summed E-state index contributed by atoms with van der Waals surface area (Å²) < 4.78 is 3.23. The monoisotopic (exact) mass is 477 g/mol. The van der Waals surface area contributed by atoms with E-state index in [1.165, 1.54) is 22.9 Å². The van der Waals surface area contributed by atoms with Crippen LogP contribution in [0.2, 0.25) is 0 Å². The molecular formula is C27H19N5O4. The number of aromatic carboxylic acids is 1. The highest BCUT2D eigenvalue weighted by molar-refractivity contribution is 6.04. The van der Waals surface area contributed by atoms with Crippen molar-refractivity contribution in [2.75, 3.05) is 5.32 Å². The number of benzene rings is 3. The molecule has 6 rings (SSSR count). The van der Waals surface area contributed by atoms with Crippen molar-refractivity contribution in [3.8, 4) is 11.3 Å². The molecule has 9 nitrogen and oxygen atoms in total. The van der Waals surface area contributed by atoms with Crippen molar-refractivity contribution < 1.29 is 14.7 Å². The SMILES string of the molecule is O=C(O)c1ccc2c(c1)nc1n2Cc2cccc(c2)-c2ccc(=O)n(n2)Cc2cccc(c2)C(=O)N1. The van der Waals surface area contributed by atoms with Gasteiger partial charge in [0.1, 0.15) is 0 Å². The number of carboxylic acid groups (broad SMARTS) is 1. The third-order valence-electron chi connectivity index (χ3n) is 6.17. The number of imidazole rings is 1. The number of hydrogen-bond acceptors (Lipinski definition) is 5. The lowest BCUT2D eigenvalue weighted by molar-refractivity contribution is 0.0696. The Labute approximate surface area is 204 Å². The maximum atomic E-state index is 13.2. The normalized spacial score (nSPS) is 12.8. The Kier molecular flexibility index (Phi) is 4.96. The number of carbonyl (C=O) groups excluding carboxylic acids is 1. The molecule has 2 aromatic heterocycles. The molecule has 1 aliphatic heterocycles. The van der Waals surface area contributed by atoms with Gasteiger partial charge in [0.05, 0.1) is 35.4 Å². The maximum Gasteiger partial charge on any atom is 0.335 e. The zero-order valence-electron chi connectivity index (χ0n) is 18.9. The van der Waals surface area contributed by atoms with Crippen LogP contribution in [-0.4, -0.2) is 36.3 Å². The molecule has 6 bridgehead atoms. The molecule has 176 valence electrons. The molecule has 0 atom stereocenters. The zero-order chi connectivity index (χ0) is 24.8. The molecule has 9 heteroatoms. The van der Waals surface area contributed by atoms with Crippen LogP contribution in [0.15, 0.2) is 83.7 Å². The second-order valence-corrected chi connectivity index (χ2v) is 8.60. The van der Waals surface area contributed by atoms with E-state index < -0.39 is 5.97 Å². The number of anilines is 1. The first-order valence-electron chi connectivity index (χ1n) is 11.3. The van der Waals surface area contributed by atoms with Gasteiger partial charge in [-0.05, 0) is 53.6 Å². The summed E-state index contributed by atoms with van der Waals surface area (Å²) in [5.41, 5.74) is 4.58. The molecule has 36 heavy (non-hydrogen) atoms. The van der Waals surface area contributed by atoms with Crippen LogP contribution in [0.3, 0.4) is 0 Å². The quantitative estimate of drug-likeness (QED) is 0.381. The summed E-state index contributed by atoms with van der Waals surface area (Å²) in [4.78, 5) is 41.7. The van der Waals surface area contributed by atoms with E-state index in [0.29, 0.717) is 34.8 Å². The summed E-state index contributed by atoms with van der Waals surface area (Å²) in [6.07, 6.45) is 0. The van der Waals surface area contributed by atoms with E-state index in [-0.39, 0.29) is 23.6 Å². The van der Waals surface area contributed by atoms with Gasteiger partial charge in [-0.2, -0.15) is 5.10 Å². The topological polar surface area (TPSA) is 119 Å². The minimum Gasteiger partial charge on any atom is -0.478 e. The van der Waals surface area contributed by atoms with E-state index in [2.05, 4.69) is 15.4 Å². The Hall–Kier alpha value is -5.05. The molecule has 5 aromatic rings. The second kappa shape index (κ2) is 8.31. The number of fused-ring (bicyclic) bond motifs is 10. The van der Waals surface area contributed by atoms with Gasteiger partial charge < -0.3 is 9.67 Å². The molecule has 3 heterocycles. The van der Waals surface area contributed by atoms with Crippen LogP contribution in [0.5, 0.6) is 0 Å². The Bertz CT molecular complexity index is 1750. The van der Waals surface area contributed by atoms with Crippen LogP contribution in [0.4, 0.5) is 5.95 Å². The van der Waals surface area contributed by atoms with Crippen LogP contribution >= 0.6 is 0 Å². The van der Waals surface area contributed by atoms with Gasteiger partial charge in [0, 0.05) is 17.2 Å². The predicted molar refractivity (Wildman–Crippen MR) is 133 cm³/mol. The molecule has 3 aromatic carbocycles. The maximum absolute atomic E-state index is 13.2. The van der Waals surface area contributed by atoms with Gasteiger partial charge >= 0.3 is 5.97 Å². The number of carbonyl (C=O) groups is 2. The number of nitrogens with one attached hydrogen (secondary N) is 1. The average Bonchev–Trinajstić information content (AvgIpc) is 3.21. The fourth-order valence-electron chi connectivity index (χ4n) is 4.40. The van der Waals surface area contributed by atoms with E-state index in [1.54, 1.807) is 30.3 Å².